The lowest BCUT2D eigenvalue weighted by Gasteiger charge is -2.16. The molecule has 2 amide bonds. The zero-order valence-electron chi connectivity index (χ0n) is 15.6. The van der Waals surface area contributed by atoms with E-state index in [-0.39, 0.29) is 23.9 Å². The molecule has 3 aromatic rings. The first kappa shape index (κ1) is 18.8. The highest BCUT2D eigenvalue weighted by Gasteiger charge is 2.22. The molecule has 0 aliphatic carbocycles. The Bertz CT molecular complexity index is 1080. The Kier molecular flexibility index (Phi) is 5.09. The number of amides is 2. The molecular weight excluding hydrogens is 364 g/mol. The van der Waals surface area contributed by atoms with Crippen LogP contribution in [0.2, 0.25) is 0 Å². The molecule has 0 bridgehead atoms. The van der Waals surface area contributed by atoms with Crippen LogP contribution in [0.3, 0.4) is 0 Å². The molecule has 8 heteroatoms. The van der Waals surface area contributed by atoms with Crippen LogP contribution < -0.4 is 10.9 Å². The van der Waals surface area contributed by atoms with Gasteiger partial charge in [-0.2, -0.15) is 0 Å². The minimum absolute atomic E-state index is 0.0914. The van der Waals surface area contributed by atoms with Gasteiger partial charge in [-0.05, 0) is 31.5 Å². The number of hydrogen-bond acceptors (Lipinski definition) is 5. The lowest BCUT2D eigenvalue weighted by atomic mass is 10.2. The standard InChI is InChI=1S/C19H20N4O3S/c1-11-5-7-13(8-6-11)21-14(24)9-22(3)19(26)16-12(2)15-17(27-16)20-10-23(4)18(15)25/h5-8,10H,9H2,1-4H3,(H,21,24). The van der Waals surface area contributed by atoms with E-state index in [9.17, 15) is 14.4 Å². The highest BCUT2D eigenvalue weighted by molar-refractivity contribution is 7.20. The molecule has 0 unspecified atom stereocenters. The monoisotopic (exact) mass is 384 g/mol. The van der Waals surface area contributed by atoms with Crippen molar-refractivity contribution in [3.8, 4) is 0 Å². The number of benzene rings is 1. The summed E-state index contributed by atoms with van der Waals surface area (Å²) in [6, 6.07) is 7.43. The van der Waals surface area contributed by atoms with E-state index in [1.165, 1.54) is 27.1 Å². The third-order valence-corrected chi connectivity index (χ3v) is 5.46. The molecule has 0 spiro atoms. The number of hydrogen-bond donors (Lipinski definition) is 1. The van der Waals surface area contributed by atoms with Gasteiger partial charge in [-0.15, -0.1) is 11.3 Å². The smallest absolute Gasteiger partial charge is 0.264 e. The van der Waals surface area contributed by atoms with Crippen LogP contribution in [0.4, 0.5) is 5.69 Å². The molecule has 7 nitrogen and oxygen atoms in total. The zero-order chi connectivity index (χ0) is 19.7. The summed E-state index contributed by atoms with van der Waals surface area (Å²) in [5.41, 5.74) is 2.18. The van der Waals surface area contributed by atoms with E-state index < -0.39 is 0 Å². The first-order valence-electron chi connectivity index (χ1n) is 8.34. The Balaban J connectivity index is 1.77. The van der Waals surface area contributed by atoms with Crippen molar-refractivity contribution in [3.63, 3.8) is 0 Å². The average molecular weight is 384 g/mol. The SMILES string of the molecule is Cc1ccc(NC(=O)CN(C)C(=O)c2sc3ncn(C)c(=O)c3c2C)cc1. The highest BCUT2D eigenvalue weighted by Crippen LogP contribution is 2.27. The van der Waals surface area contributed by atoms with Crippen LogP contribution >= 0.6 is 11.3 Å². The van der Waals surface area contributed by atoms with Crippen LogP contribution in [0.15, 0.2) is 35.4 Å². The Morgan fingerprint density at radius 1 is 1.22 bits per heavy atom. The number of rotatable bonds is 4. The van der Waals surface area contributed by atoms with Crippen LogP contribution in [0, 0.1) is 13.8 Å². The topological polar surface area (TPSA) is 84.3 Å². The molecule has 1 N–H and O–H groups in total. The van der Waals surface area contributed by atoms with Gasteiger partial charge in [0.2, 0.25) is 5.91 Å². The number of carbonyl (C=O) groups is 2. The Hall–Kier alpha value is -3.00. The molecule has 0 radical (unpaired) electrons. The van der Waals surface area contributed by atoms with Gasteiger partial charge >= 0.3 is 0 Å². The number of aryl methyl sites for hydroxylation is 3. The van der Waals surface area contributed by atoms with E-state index in [2.05, 4.69) is 10.3 Å². The fraction of sp³-hybridized carbons (Fsp3) is 0.263. The van der Waals surface area contributed by atoms with Crippen molar-refractivity contribution < 1.29 is 9.59 Å². The highest BCUT2D eigenvalue weighted by atomic mass is 32.1. The molecule has 140 valence electrons. The van der Waals surface area contributed by atoms with Gasteiger partial charge in [0.25, 0.3) is 11.5 Å². The van der Waals surface area contributed by atoms with E-state index in [0.29, 0.717) is 26.3 Å². The summed E-state index contributed by atoms with van der Waals surface area (Å²) < 4.78 is 1.38. The number of likely N-dealkylation sites (N-methyl/N-ethyl adjacent to an activating group) is 1. The normalized spacial score (nSPS) is 10.8. The first-order chi connectivity index (χ1) is 12.8. The number of aromatic nitrogens is 2. The molecule has 0 atom stereocenters. The van der Waals surface area contributed by atoms with Gasteiger partial charge in [0.15, 0.2) is 0 Å². The quantitative estimate of drug-likeness (QED) is 0.748. The molecule has 0 fully saturated rings. The Morgan fingerprint density at radius 2 is 1.89 bits per heavy atom. The van der Waals surface area contributed by atoms with Crippen molar-refractivity contribution >= 4 is 39.1 Å². The fourth-order valence-corrected chi connectivity index (χ4v) is 3.84. The lowest BCUT2D eigenvalue weighted by Crippen LogP contribution is -2.34. The van der Waals surface area contributed by atoms with Gasteiger partial charge in [-0.3, -0.25) is 14.4 Å². The minimum atomic E-state index is -0.309. The predicted molar refractivity (Wildman–Crippen MR) is 106 cm³/mol. The number of fused-ring (bicyclic) bond motifs is 1. The minimum Gasteiger partial charge on any atom is -0.332 e. The molecule has 2 aromatic heterocycles. The van der Waals surface area contributed by atoms with E-state index >= 15 is 0 Å². The van der Waals surface area contributed by atoms with Crippen LogP contribution in [0.1, 0.15) is 20.8 Å². The van der Waals surface area contributed by atoms with Gasteiger partial charge in [0.05, 0.1) is 23.1 Å². The number of thiophene rings is 1. The second kappa shape index (κ2) is 7.32. The Morgan fingerprint density at radius 3 is 2.56 bits per heavy atom. The number of carbonyl (C=O) groups excluding carboxylic acids is 2. The molecule has 0 aliphatic heterocycles. The van der Waals surface area contributed by atoms with Crippen LogP contribution in [0.5, 0.6) is 0 Å². The van der Waals surface area contributed by atoms with Gasteiger partial charge in [-0.1, -0.05) is 17.7 Å². The van der Waals surface area contributed by atoms with Gasteiger partial charge in [0.1, 0.15) is 4.83 Å². The molecule has 3 rings (SSSR count). The summed E-state index contributed by atoms with van der Waals surface area (Å²) in [7, 11) is 3.18. The summed E-state index contributed by atoms with van der Waals surface area (Å²) in [6.45, 7) is 3.61. The second-order valence-corrected chi connectivity index (χ2v) is 7.47. The van der Waals surface area contributed by atoms with Crippen molar-refractivity contribution in [2.75, 3.05) is 18.9 Å². The molecule has 1 aromatic carbocycles. The number of nitrogens with one attached hydrogen (secondary N) is 1. The summed E-state index contributed by atoms with van der Waals surface area (Å²) in [5, 5.41) is 3.22. The van der Waals surface area contributed by atoms with Crippen molar-refractivity contribution in [1.29, 1.82) is 0 Å². The zero-order valence-corrected chi connectivity index (χ0v) is 16.4. The lowest BCUT2D eigenvalue weighted by molar-refractivity contribution is -0.116. The largest absolute Gasteiger partial charge is 0.332 e. The second-order valence-electron chi connectivity index (χ2n) is 6.47. The summed E-state index contributed by atoms with van der Waals surface area (Å²) >= 11 is 1.17. The van der Waals surface area contributed by atoms with Crippen molar-refractivity contribution in [2.24, 2.45) is 7.05 Å². The fourth-order valence-electron chi connectivity index (χ4n) is 2.71. The van der Waals surface area contributed by atoms with Gasteiger partial charge in [0, 0.05) is 19.8 Å². The predicted octanol–water partition coefficient (Wildman–Crippen LogP) is 2.32. The third-order valence-electron chi connectivity index (χ3n) is 4.27. The molecule has 0 saturated heterocycles. The van der Waals surface area contributed by atoms with Crippen molar-refractivity contribution in [3.05, 3.63) is 57.0 Å². The van der Waals surface area contributed by atoms with Crippen molar-refractivity contribution in [2.45, 2.75) is 13.8 Å². The maximum absolute atomic E-state index is 12.8. The van der Waals surface area contributed by atoms with E-state index in [1.54, 1.807) is 21.0 Å². The van der Waals surface area contributed by atoms with Crippen LogP contribution in [0.25, 0.3) is 10.2 Å². The maximum atomic E-state index is 12.8. The summed E-state index contributed by atoms with van der Waals surface area (Å²) in [4.78, 5) is 43.8. The molecule has 0 aliphatic rings. The maximum Gasteiger partial charge on any atom is 0.264 e. The average Bonchev–Trinajstić information content (AvgIpc) is 2.96. The van der Waals surface area contributed by atoms with Gasteiger partial charge < -0.3 is 14.8 Å². The van der Waals surface area contributed by atoms with E-state index in [0.717, 1.165) is 5.56 Å². The summed E-state index contributed by atoms with van der Waals surface area (Å²) in [6.07, 6.45) is 1.44. The molecule has 2 heterocycles. The van der Waals surface area contributed by atoms with Crippen LogP contribution in [-0.4, -0.2) is 39.9 Å². The van der Waals surface area contributed by atoms with Crippen molar-refractivity contribution in [1.82, 2.24) is 14.5 Å². The molecule has 27 heavy (non-hydrogen) atoms. The van der Waals surface area contributed by atoms with Gasteiger partial charge in [-0.25, -0.2) is 4.98 Å². The Labute approximate surface area is 160 Å². The van der Waals surface area contributed by atoms with E-state index in [1.807, 2.05) is 31.2 Å². The number of anilines is 1. The number of nitrogens with zero attached hydrogens (tertiary/aromatic N) is 3. The first-order valence-corrected chi connectivity index (χ1v) is 9.16. The third kappa shape index (κ3) is 3.75. The van der Waals surface area contributed by atoms with E-state index in [4.69, 9.17) is 0 Å². The molecular formula is C19H20N4O3S. The summed E-state index contributed by atoms with van der Waals surface area (Å²) in [5.74, 6) is -0.598. The molecule has 0 saturated carbocycles. The van der Waals surface area contributed by atoms with Crippen LogP contribution in [-0.2, 0) is 11.8 Å².